The van der Waals surface area contributed by atoms with Crippen LogP contribution in [-0.2, 0) is 17.6 Å². The van der Waals surface area contributed by atoms with Gasteiger partial charge in [0.1, 0.15) is 22.9 Å². The highest BCUT2D eigenvalue weighted by molar-refractivity contribution is 6.30. The molecule has 0 spiro atoms. The van der Waals surface area contributed by atoms with Crippen molar-refractivity contribution < 1.29 is 13.9 Å². The van der Waals surface area contributed by atoms with Crippen LogP contribution < -0.4 is 10.1 Å². The molecule has 0 saturated carbocycles. The maximum absolute atomic E-state index is 12.0. The topological polar surface area (TPSA) is 64.4 Å². The fourth-order valence-electron chi connectivity index (χ4n) is 3.11. The van der Waals surface area contributed by atoms with Crippen molar-refractivity contribution in [3.05, 3.63) is 52.9 Å². The van der Waals surface area contributed by atoms with Crippen LogP contribution in [0.2, 0.25) is 5.02 Å². The van der Waals surface area contributed by atoms with Crippen molar-refractivity contribution >= 4 is 34.3 Å². The molecule has 0 unspecified atom stereocenters. The molecule has 1 aromatic carbocycles. The number of hydrogen-bond donors (Lipinski definition) is 1. The molecule has 1 amide bonds. The Labute approximate surface area is 149 Å². The predicted octanol–water partition coefficient (Wildman–Crippen LogP) is 4.38. The molecule has 0 bridgehead atoms. The zero-order chi connectivity index (χ0) is 17.2. The van der Waals surface area contributed by atoms with Crippen molar-refractivity contribution in [2.75, 3.05) is 11.9 Å². The molecular formula is C19H17ClN2O3. The van der Waals surface area contributed by atoms with E-state index in [-0.39, 0.29) is 12.5 Å². The molecule has 1 aliphatic carbocycles. The zero-order valence-electron chi connectivity index (χ0n) is 13.5. The van der Waals surface area contributed by atoms with E-state index < -0.39 is 0 Å². The number of ether oxygens (including phenoxy) is 1. The van der Waals surface area contributed by atoms with Gasteiger partial charge in [-0.15, -0.1) is 0 Å². The molecule has 0 fully saturated rings. The number of aromatic nitrogens is 1. The second-order valence-electron chi connectivity index (χ2n) is 6.07. The number of nitrogens with zero attached hydrogens (tertiary/aromatic N) is 1. The number of anilines is 1. The number of benzene rings is 1. The van der Waals surface area contributed by atoms with Gasteiger partial charge in [0, 0.05) is 23.6 Å². The normalized spacial score (nSPS) is 13.5. The quantitative estimate of drug-likeness (QED) is 0.753. The summed E-state index contributed by atoms with van der Waals surface area (Å²) in [5, 5.41) is 4.28. The minimum Gasteiger partial charge on any atom is -0.484 e. The third-order valence-electron chi connectivity index (χ3n) is 4.29. The maximum Gasteiger partial charge on any atom is 0.263 e. The van der Waals surface area contributed by atoms with E-state index in [0.717, 1.165) is 29.6 Å². The van der Waals surface area contributed by atoms with Crippen molar-refractivity contribution in [3.63, 3.8) is 0 Å². The Morgan fingerprint density at radius 3 is 2.96 bits per heavy atom. The van der Waals surface area contributed by atoms with Crippen LogP contribution in [0.1, 0.15) is 24.2 Å². The minimum absolute atomic E-state index is 0.0874. The summed E-state index contributed by atoms with van der Waals surface area (Å²) in [5.41, 5.74) is 2.16. The first-order valence-corrected chi connectivity index (χ1v) is 8.65. The highest BCUT2D eigenvalue weighted by atomic mass is 35.5. The molecule has 0 aliphatic heterocycles. The molecule has 25 heavy (non-hydrogen) atoms. The lowest BCUT2D eigenvalue weighted by Crippen LogP contribution is -2.20. The summed E-state index contributed by atoms with van der Waals surface area (Å²) in [6.07, 6.45) is 5.87. The number of amides is 1. The first kappa shape index (κ1) is 16.0. The van der Waals surface area contributed by atoms with Gasteiger partial charge in [-0.25, -0.2) is 4.98 Å². The smallest absolute Gasteiger partial charge is 0.263 e. The highest BCUT2D eigenvalue weighted by Gasteiger charge is 2.18. The Hall–Kier alpha value is -2.53. The van der Waals surface area contributed by atoms with Gasteiger partial charge in [0.2, 0.25) is 0 Å². The highest BCUT2D eigenvalue weighted by Crippen LogP contribution is 2.33. The van der Waals surface area contributed by atoms with Crippen LogP contribution in [0.4, 0.5) is 5.82 Å². The van der Waals surface area contributed by atoms with E-state index in [0.29, 0.717) is 16.6 Å². The van der Waals surface area contributed by atoms with Gasteiger partial charge in [-0.2, -0.15) is 0 Å². The number of carbonyl (C=O) groups is 1. The number of aryl methyl sites for hydroxylation is 2. The standard InChI is InChI=1S/C19H17ClN2O3/c20-12-5-8-18(21-10-12)22-19(23)11-24-13-6-7-17-15(9-13)14-3-1-2-4-16(14)25-17/h5-10H,1-4,11H2,(H,21,22,23). The lowest BCUT2D eigenvalue weighted by Gasteiger charge is -2.09. The third kappa shape index (κ3) is 3.46. The molecule has 6 heteroatoms. The van der Waals surface area contributed by atoms with Crippen molar-refractivity contribution in [2.24, 2.45) is 0 Å². The Morgan fingerprint density at radius 2 is 2.12 bits per heavy atom. The molecule has 3 aromatic rings. The molecule has 2 heterocycles. The second kappa shape index (κ2) is 6.76. The van der Waals surface area contributed by atoms with Gasteiger partial charge in [-0.3, -0.25) is 4.79 Å². The number of pyridine rings is 1. The monoisotopic (exact) mass is 356 g/mol. The molecule has 1 aliphatic rings. The summed E-state index contributed by atoms with van der Waals surface area (Å²) >= 11 is 5.77. The molecular weight excluding hydrogens is 340 g/mol. The summed E-state index contributed by atoms with van der Waals surface area (Å²) in [6, 6.07) is 8.99. The number of rotatable bonds is 4. The van der Waals surface area contributed by atoms with E-state index >= 15 is 0 Å². The zero-order valence-corrected chi connectivity index (χ0v) is 14.3. The largest absolute Gasteiger partial charge is 0.484 e. The van der Waals surface area contributed by atoms with Crippen molar-refractivity contribution in [2.45, 2.75) is 25.7 Å². The summed E-state index contributed by atoms with van der Waals surface area (Å²) in [5.74, 6) is 1.91. The van der Waals surface area contributed by atoms with Gasteiger partial charge in [-0.1, -0.05) is 11.6 Å². The first-order valence-electron chi connectivity index (χ1n) is 8.27. The summed E-state index contributed by atoms with van der Waals surface area (Å²) < 4.78 is 11.5. The maximum atomic E-state index is 12.0. The van der Waals surface area contributed by atoms with E-state index in [1.165, 1.54) is 24.6 Å². The third-order valence-corrected chi connectivity index (χ3v) is 4.51. The molecule has 0 radical (unpaired) electrons. The van der Waals surface area contributed by atoms with Crippen LogP contribution in [0.25, 0.3) is 11.0 Å². The average molecular weight is 357 g/mol. The van der Waals surface area contributed by atoms with Crippen molar-refractivity contribution in [1.82, 2.24) is 4.98 Å². The number of nitrogens with one attached hydrogen (secondary N) is 1. The summed E-state index contributed by atoms with van der Waals surface area (Å²) in [7, 11) is 0. The fourth-order valence-corrected chi connectivity index (χ4v) is 3.22. The Bertz CT molecular complexity index is 918. The number of furan rings is 1. The molecule has 0 atom stereocenters. The van der Waals surface area contributed by atoms with Crippen LogP contribution in [0.3, 0.4) is 0 Å². The number of halogens is 1. The Morgan fingerprint density at radius 1 is 1.24 bits per heavy atom. The Balaban J connectivity index is 1.43. The number of carbonyl (C=O) groups excluding carboxylic acids is 1. The van der Waals surface area contributed by atoms with Gasteiger partial charge in [0.15, 0.2) is 6.61 Å². The summed E-state index contributed by atoms with van der Waals surface area (Å²) in [4.78, 5) is 16.0. The van der Waals surface area contributed by atoms with Crippen molar-refractivity contribution in [3.8, 4) is 5.75 Å². The van der Waals surface area contributed by atoms with Crippen LogP contribution in [0.5, 0.6) is 5.75 Å². The van der Waals surface area contributed by atoms with Crippen LogP contribution in [0.15, 0.2) is 40.9 Å². The molecule has 1 N–H and O–H groups in total. The average Bonchev–Trinajstić information content (AvgIpc) is 3.00. The molecule has 5 nitrogen and oxygen atoms in total. The molecule has 2 aromatic heterocycles. The fraction of sp³-hybridized carbons (Fsp3) is 0.263. The lowest BCUT2D eigenvalue weighted by atomic mass is 9.96. The second-order valence-corrected chi connectivity index (χ2v) is 6.50. The van der Waals surface area contributed by atoms with Crippen molar-refractivity contribution in [1.29, 1.82) is 0 Å². The molecule has 4 rings (SSSR count). The number of hydrogen-bond acceptors (Lipinski definition) is 4. The van der Waals surface area contributed by atoms with Gasteiger partial charge < -0.3 is 14.5 Å². The van der Waals surface area contributed by atoms with Gasteiger partial charge in [-0.05, 0) is 49.6 Å². The summed E-state index contributed by atoms with van der Waals surface area (Å²) in [6.45, 7) is -0.0874. The molecule has 128 valence electrons. The van der Waals surface area contributed by atoms with Crippen LogP contribution >= 0.6 is 11.6 Å². The van der Waals surface area contributed by atoms with E-state index in [1.807, 2.05) is 18.2 Å². The Kier molecular flexibility index (Phi) is 4.32. The number of fused-ring (bicyclic) bond motifs is 3. The lowest BCUT2D eigenvalue weighted by molar-refractivity contribution is -0.118. The van der Waals surface area contributed by atoms with E-state index in [9.17, 15) is 4.79 Å². The van der Waals surface area contributed by atoms with E-state index in [2.05, 4.69) is 10.3 Å². The predicted molar refractivity (Wildman–Crippen MR) is 96.2 cm³/mol. The van der Waals surface area contributed by atoms with Crippen LogP contribution in [0, 0.1) is 0 Å². The van der Waals surface area contributed by atoms with Gasteiger partial charge in [0.05, 0.1) is 5.02 Å². The van der Waals surface area contributed by atoms with Crippen LogP contribution in [-0.4, -0.2) is 17.5 Å². The van der Waals surface area contributed by atoms with Gasteiger partial charge in [0.25, 0.3) is 5.91 Å². The van der Waals surface area contributed by atoms with Gasteiger partial charge >= 0.3 is 0 Å². The minimum atomic E-state index is -0.274. The first-order chi connectivity index (χ1) is 12.2. The molecule has 0 saturated heterocycles. The van der Waals surface area contributed by atoms with E-state index in [1.54, 1.807) is 12.1 Å². The van der Waals surface area contributed by atoms with E-state index in [4.69, 9.17) is 20.8 Å². The SMILES string of the molecule is O=C(COc1ccc2oc3c(c2c1)CCCC3)Nc1ccc(Cl)cn1.